The van der Waals surface area contributed by atoms with E-state index in [0.29, 0.717) is 12.8 Å². The molecule has 106 valence electrons. The van der Waals surface area contributed by atoms with E-state index in [1.54, 1.807) is 20.1 Å². The third kappa shape index (κ3) is 3.81. The number of benzene rings is 2. The highest BCUT2D eigenvalue weighted by Gasteiger charge is 2.23. The van der Waals surface area contributed by atoms with E-state index in [2.05, 4.69) is 0 Å². The highest BCUT2D eigenvalue weighted by molar-refractivity contribution is 5.34. The quantitative estimate of drug-likeness (QED) is 0.905. The Morgan fingerprint density at radius 1 is 1.10 bits per heavy atom. The predicted octanol–water partition coefficient (Wildman–Crippen LogP) is 3.37. The summed E-state index contributed by atoms with van der Waals surface area (Å²) in [6, 6.07) is 13.9. The first-order valence-corrected chi connectivity index (χ1v) is 6.59. The molecule has 1 unspecified atom stereocenters. The molecule has 3 heteroatoms. The minimum absolute atomic E-state index is 0.282. The van der Waals surface area contributed by atoms with Gasteiger partial charge in [-0.05, 0) is 36.2 Å². The maximum atomic E-state index is 13.2. The van der Waals surface area contributed by atoms with Crippen LogP contribution in [-0.2, 0) is 12.8 Å². The van der Waals surface area contributed by atoms with Gasteiger partial charge in [0.05, 0.1) is 12.7 Å². The van der Waals surface area contributed by atoms with E-state index >= 15 is 0 Å². The van der Waals surface area contributed by atoms with Crippen molar-refractivity contribution < 1.29 is 14.2 Å². The standard InChI is InChI=1S/C17H19FO2/c1-17(19,11-13-6-5-8-15(18)10-13)12-14-7-3-4-9-16(14)20-2/h3-10,19H,11-12H2,1-2H3. The molecule has 0 bridgehead atoms. The van der Waals surface area contributed by atoms with Crippen molar-refractivity contribution in [1.29, 1.82) is 0 Å². The Labute approximate surface area is 118 Å². The van der Waals surface area contributed by atoms with Crippen LogP contribution in [-0.4, -0.2) is 17.8 Å². The first-order valence-electron chi connectivity index (χ1n) is 6.59. The summed E-state index contributed by atoms with van der Waals surface area (Å²) in [4.78, 5) is 0. The average molecular weight is 274 g/mol. The molecule has 0 aromatic heterocycles. The lowest BCUT2D eigenvalue weighted by molar-refractivity contribution is 0.0601. The lowest BCUT2D eigenvalue weighted by atomic mass is 9.89. The molecular formula is C17H19FO2. The summed E-state index contributed by atoms with van der Waals surface area (Å²) in [5, 5.41) is 10.6. The predicted molar refractivity (Wildman–Crippen MR) is 77.4 cm³/mol. The minimum atomic E-state index is -0.956. The fraction of sp³-hybridized carbons (Fsp3) is 0.294. The molecule has 0 radical (unpaired) electrons. The fourth-order valence-electron chi connectivity index (χ4n) is 2.41. The maximum absolute atomic E-state index is 13.2. The molecule has 0 aliphatic heterocycles. The molecule has 2 rings (SSSR count). The molecule has 0 spiro atoms. The molecule has 2 aromatic carbocycles. The van der Waals surface area contributed by atoms with Gasteiger partial charge in [0, 0.05) is 12.8 Å². The lowest BCUT2D eigenvalue weighted by Gasteiger charge is -2.24. The number of ether oxygens (including phenoxy) is 1. The summed E-state index contributed by atoms with van der Waals surface area (Å²) in [7, 11) is 1.61. The molecule has 0 aliphatic carbocycles. The van der Waals surface area contributed by atoms with Crippen molar-refractivity contribution in [3.63, 3.8) is 0 Å². The molecule has 0 heterocycles. The monoisotopic (exact) mass is 274 g/mol. The van der Waals surface area contributed by atoms with Crippen LogP contribution < -0.4 is 4.74 Å². The Morgan fingerprint density at radius 2 is 1.85 bits per heavy atom. The zero-order valence-corrected chi connectivity index (χ0v) is 11.8. The summed E-state index contributed by atoms with van der Waals surface area (Å²) in [6.45, 7) is 1.75. The van der Waals surface area contributed by atoms with E-state index in [0.717, 1.165) is 16.9 Å². The largest absolute Gasteiger partial charge is 0.496 e. The molecule has 0 saturated carbocycles. The minimum Gasteiger partial charge on any atom is -0.496 e. The van der Waals surface area contributed by atoms with Crippen LogP contribution >= 0.6 is 0 Å². The van der Waals surface area contributed by atoms with Crippen LogP contribution in [0, 0.1) is 5.82 Å². The number of rotatable bonds is 5. The summed E-state index contributed by atoms with van der Waals surface area (Å²) >= 11 is 0. The second kappa shape index (κ2) is 6.06. The van der Waals surface area contributed by atoms with E-state index in [9.17, 15) is 9.50 Å². The number of hydrogen-bond donors (Lipinski definition) is 1. The molecule has 1 atom stereocenters. The van der Waals surface area contributed by atoms with Crippen LogP contribution in [0.25, 0.3) is 0 Å². The van der Waals surface area contributed by atoms with Crippen molar-refractivity contribution in [2.75, 3.05) is 7.11 Å². The number of methoxy groups -OCH3 is 1. The highest BCUT2D eigenvalue weighted by Crippen LogP contribution is 2.25. The maximum Gasteiger partial charge on any atom is 0.123 e. The van der Waals surface area contributed by atoms with Gasteiger partial charge in [-0.3, -0.25) is 0 Å². The average Bonchev–Trinajstić information content (AvgIpc) is 2.38. The van der Waals surface area contributed by atoms with Gasteiger partial charge < -0.3 is 9.84 Å². The fourth-order valence-corrected chi connectivity index (χ4v) is 2.41. The lowest BCUT2D eigenvalue weighted by Crippen LogP contribution is -2.30. The van der Waals surface area contributed by atoms with Gasteiger partial charge in [-0.15, -0.1) is 0 Å². The molecule has 0 fully saturated rings. The van der Waals surface area contributed by atoms with E-state index < -0.39 is 5.60 Å². The first-order chi connectivity index (χ1) is 9.50. The third-order valence-corrected chi connectivity index (χ3v) is 3.24. The zero-order chi connectivity index (χ0) is 14.6. The zero-order valence-electron chi connectivity index (χ0n) is 11.8. The van der Waals surface area contributed by atoms with Gasteiger partial charge >= 0.3 is 0 Å². The van der Waals surface area contributed by atoms with Crippen molar-refractivity contribution in [3.05, 3.63) is 65.5 Å². The van der Waals surface area contributed by atoms with Gasteiger partial charge in [-0.25, -0.2) is 4.39 Å². The van der Waals surface area contributed by atoms with Crippen LogP contribution in [0.15, 0.2) is 48.5 Å². The van der Waals surface area contributed by atoms with Crippen LogP contribution in [0.1, 0.15) is 18.1 Å². The van der Waals surface area contributed by atoms with Crippen molar-refractivity contribution in [2.24, 2.45) is 0 Å². The Balaban J connectivity index is 2.14. The molecule has 2 aromatic rings. The normalized spacial score (nSPS) is 13.8. The summed E-state index contributed by atoms with van der Waals surface area (Å²) in [5.74, 6) is 0.475. The summed E-state index contributed by atoms with van der Waals surface area (Å²) in [6.07, 6.45) is 0.844. The molecular weight excluding hydrogens is 255 g/mol. The molecule has 0 saturated heterocycles. The van der Waals surface area contributed by atoms with E-state index in [1.165, 1.54) is 12.1 Å². The van der Waals surface area contributed by atoms with Gasteiger partial charge in [0.1, 0.15) is 11.6 Å². The molecule has 0 amide bonds. The summed E-state index contributed by atoms with van der Waals surface area (Å²) in [5.41, 5.74) is 0.768. The number of para-hydroxylation sites is 1. The topological polar surface area (TPSA) is 29.5 Å². The van der Waals surface area contributed by atoms with E-state index in [-0.39, 0.29) is 5.82 Å². The van der Waals surface area contributed by atoms with E-state index in [1.807, 2.05) is 30.3 Å². The van der Waals surface area contributed by atoms with Crippen molar-refractivity contribution in [2.45, 2.75) is 25.4 Å². The van der Waals surface area contributed by atoms with Crippen LogP contribution in [0.3, 0.4) is 0 Å². The third-order valence-electron chi connectivity index (χ3n) is 3.24. The van der Waals surface area contributed by atoms with Gasteiger partial charge in [0.25, 0.3) is 0 Å². The second-order valence-electron chi connectivity index (χ2n) is 5.29. The Morgan fingerprint density at radius 3 is 2.55 bits per heavy atom. The summed E-state index contributed by atoms with van der Waals surface area (Å²) < 4.78 is 18.5. The van der Waals surface area contributed by atoms with Crippen molar-refractivity contribution in [1.82, 2.24) is 0 Å². The molecule has 1 N–H and O–H groups in total. The van der Waals surface area contributed by atoms with Crippen molar-refractivity contribution >= 4 is 0 Å². The van der Waals surface area contributed by atoms with E-state index in [4.69, 9.17) is 4.74 Å². The Hall–Kier alpha value is -1.87. The van der Waals surface area contributed by atoms with Crippen molar-refractivity contribution in [3.8, 4) is 5.75 Å². The first kappa shape index (κ1) is 14.5. The van der Waals surface area contributed by atoms with Gasteiger partial charge in [-0.2, -0.15) is 0 Å². The smallest absolute Gasteiger partial charge is 0.123 e. The highest BCUT2D eigenvalue weighted by atomic mass is 19.1. The molecule has 0 aliphatic rings. The van der Waals surface area contributed by atoms with Crippen LogP contribution in [0.2, 0.25) is 0 Å². The Bertz CT molecular complexity index is 579. The van der Waals surface area contributed by atoms with Gasteiger partial charge in [0.2, 0.25) is 0 Å². The number of aliphatic hydroxyl groups is 1. The SMILES string of the molecule is COc1ccccc1CC(C)(O)Cc1cccc(F)c1. The molecule has 2 nitrogen and oxygen atoms in total. The number of halogens is 1. The second-order valence-corrected chi connectivity index (χ2v) is 5.29. The molecule has 20 heavy (non-hydrogen) atoms. The van der Waals surface area contributed by atoms with Crippen LogP contribution in [0.4, 0.5) is 4.39 Å². The van der Waals surface area contributed by atoms with Crippen LogP contribution in [0.5, 0.6) is 5.75 Å². The van der Waals surface area contributed by atoms with Gasteiger partial charge in [0.15, 0.2) is 0 Å². The van der Waals surface area contributed by atoms with Gasteiger partial charge in [-0.1, -0.05) is 30.3 Å². The number of hydrogen-bond acceptors (Lipinski definition) is 2. The Kier molecular flexibility index (Phi) is 4.40.